The van der Waals surface area contributed by atoms with Gasteiger partial charge >= 0.3 is 65.1 Å². The minimum Gasteiger partial charge on any atom is -0.790 e. The van der Waals surface area contributed by atoms with Gasteiger partial charge in [0.1, 0.15) is 6.10 Å². The van der Waals surface area contributed by atoms with Gasteiger partial charge in [0.15, 0.2) is 0 Å². The molecule has 0 aromatic carbocycles. The van der Waals surface area contributed by atoms with Crippen LogP contribution in [0.4, 0.5) is 0 Å². The first-order valence-corrected chi connectivity index (χ1v) is 17.5. The van der Waals surface area contributed by atoms with Gasteiger partial charge in [-0.15, -0.1) is 0 Å². The summed E-state index contributed by atoms with van der Waals surface area (Å²) in [5.74, 6) is -0.380. The number of hydrogen-bond acceptors (Lipinski definition) is 9. The third kappa shape index (κ3) is 39.0. The van der Waals surface area contributed by atoms with Crippen molar-refractivity contribution in [2.45, 2.75) is 154 Å². The molecule has 1 N–H and O–H groups in total. The van der Waals surface area contributed by atoms with Crippen LogP contribution in [0.15, 0.2) is 0 Å². The van der Waals surface area contributed by atoms with E-state index in [-0.39, 0.29) is 78.0 Å². The van der Waals surface area contributed by atoms with Gasteiger partial charge in [0.2, 0.25) is 0 Å². The third-order valence-corrected chi connectivity index (χ3v) is 7.47. The Morgan fingerprint density at radius 3 is 1.67 bits per heavy atom. The van der Waals surface area contributed by atoms with Crippen molar-refractivity contribution in [3.63, 3.8) is 0 Å². The molecule has 0 spiro atoms. The van der Waals surface area contributed by atoms with Crippen LogP contribution in [0.2, 0.25) is 0 Å². The van der Waals surface area contributed by atoms with Crippen molar-refractivity contribution in [3.05, 3.63) is 0 Å². The van der Waals surface area contributed by atoms with Crippen molar-refractivity contribution in [3.8, 4) is 0 Å². The second-order valence-electron chi connectivity index (χ2n) is 10.8. The minimum absolute atomic E-state index is 0. The van der Waals surface area contributed by atoms with Gasteiger partial charge in [0, 0.05) is 13.0 Å². The molecule has 0 bridgehead atoms. The Bertz CT molecular complexity index is 628. The number of rotatable bonds is 32. The number of ether oxygens (including phenoxy) is 2. The topological polar surface area (TPSA) is 137 Å². The van der Waals surface area contributed by atoms with Gasteiger partial charge in [0.05, 0.1) is 21.0 Å². The van der Waals surface area contributed by atoms with Gasteiger partial charge in [-0.05, 0) is 25.8 Å². The number of phosphoric acid groups is 1. The maximum Gasteiger partial charge on any atom is 1.00 e. The van der Waals surface area contributed by atoms with Crippen molar-refractivity contribution in [1.29, 1.82) is 0 Å². The van der Waals surface area contributed by atoms with E-state index in [1.54, 1.807) is 0 Å². The van der Waals surface area contributed by atoms with Crippen LogP contribution in [0.3, 0.4) is 0 Å². The molecule has 1 atom stereocenters. The summed E-state index contributed by atoms with van der Waals surface area (Å²) in [7, 11) is -5.12. The maximum atomic E-state index is 12.2. The zero-order valence-electron chi connectivity index (χ0n) is 27.3. The van der Waals surface area contributed by atoms with Gasteiger partial charge < -0.3 is 33.7 Å². The Morgan fingerprint density at radius 1 is 0.738 bits per heavy atom. The average Bonchev–Trinajstić information content (AvgIpc) is 2.92. The molecule has 0 saturated heterocycles. The van der Waals surface area contributed by atoms with E-state index in [0.717, 1.165) is 51.5 Å². The first-order chi connectivity index (χ1) is 19.4. The van der Waals surface area contributed by atoms with Gasteiger partial charge in [-0.1, -0.05) is 122 Å². The molecule has 0 heterocycles. The molecular weight excluding hydrogens is 579 g/mol. The molecule has 0 aromatic rings. The molecule has 0 aliphatic carbocycles. The molecule has 238 valence electrons. The third-order valence-electron chi connectivity index (χ3n) is 7.01. The summed E-state index contributed by atoms with van der Waals surface area (Å²) in [6.07, 6.45) is 23.9. The fourth-order valence-electron chi connectivity index (χ4n) is 4.65. The molecule has 0 aliphatic heterocycles. The summed E-state index contributed by atoms with van der Waals surface area (Å²) >= 11 is 0. The van der Waals surface area contributed by atoms with Crippen molar-refractivity contribution in [2.75, 3.05) is 26.3 Å². The van der Waals surface area contributed by atoms with Gasteiger partial charge in [-0.3, -0.25) is 9.59 Å². The molecule has 0 unspecified atom stereocenters. The monoisotopic (exact) mass is 637 g/mol. The van der Waals surface area contributed by atoms with E-state index in [2.05, 4.69) is 21.5 Å². The first-order valence-electron chi connectivity index (χ1n) is 16.0. The van der Waals surface area contributed by atoms with Crippen LogP contribution in [0.5, 0.6) is 0 Å². The van der Waals surface area contributed by atoms with E-state index >= 15 is 0 Å². The van der Waals surface area contributed by atoms with E-state index in [9.17, 15) is 23.9 Å². The summed E-state index contributed by atoms with van der Waals surface area (Å²) in [6.45, 7) is 3.79. The predicted octanol–water partition coefficient (Wildman–Crippen LogP) is 0.116. The molecule has 0 saturated carbocycles. The number of nitrogens with one attached hydrogen (secondary N) is 1. The fraction of sp³-hybridized carbons (Fsp3) is 0.933. The molecule has 12 heteroatoms. The van der Waals surface area contributed by atoms with Gasteiger partial charge in [0.25, 0.3) is 6.47 Å². The Hall–Kier alpha value is 1.01. The Kier molecular flexibility index (Phi) is 41.2. The van der Waals surface area contributed by atoms with Gasteiger partial charge in [-0.2, -0.15) is 0 Å². The van der Waals surface area contributed by atoms with Gasteiger partial charge in [-0.25, -0.2) is 0 Å². The fourth-order valence-corrected chi connectivity index (χ4v) is 5.00. The van der Waals surface area contributed by atoms with Crippen molar-refractivity contribution in [1.82, 2.24) is 5.32 Å². The second-order valence-corrected chi connectivity index (χ2v) is 12.0. The van der Waals surface area contributed by atoms with Crippen LogP contribution in [0.1, 0.15) is 148 Å². The van der Waals surface area contributed by atoms with Crippen molar-refractivity contribution >= 4 is 20.3 Å². The zero-order chi connectivity index (χ0) is 29.6. The number of esters is 1. The van der Waals surface area contributed by atoms with Crippen molar-refractivity contribution in [2.24, 2.45) is 0 Å². The molecular formula is C30H58NNa2O8P. The van der Waals surface area contributed by atoms with Crippen LogP contribution in [0.25, 0.3) is 0 Å². The number of carbonyl (C=O) groups excluding carboxylic acids is 2. The zero-order valence-corrected chi connectivity index (χ0v) is 32.1. The first kappa shape index (κ1) is 47.4. The van der Waals surface area contributed by atoms with Crippen LogP contribution in [-0.4, -0.2) is 44.8 Å². The molecule has 0 rings (SSSR count). The summed E-state index contributed by atoms with van der Waals surface area (Å²) < 4.78 is 25.4. The summed E-state index contributed by atoms with van der Waals surface area (Å²) in [6, 6.07) is 0. The van der Waals surface area contributed by atoms with E-state index in [0.29, 0.717) is 13.1 Å². The molecule has 0 aromatic heterocycles. The van der Waals surface area contributed by atoms with E-state index < -0.39 is 20.5 Å². The van der Waals surface area contributed by atoms with E-state index in [4.69, 9.17) is 4.74 Å². The van der Waals surface area contributed by atoms with Crippen LogP contribution in [0, 0.1) is 0 Å². The number of hydrogen-bond donors (Lipinski definition) is 1. The number of phosphoric ester groups is 1. The van der Waals surface area contributed by atoms with Crippen LogP contribution in [-0.2, 0) is 28.2 Å². The Labute approximate surface area is 301 Å². The smallest absolute Gasteiger partial charge is 0.790 e. The SMILES string of the molecule is CCCCCCCCCCCC(=O)O[C@@H](CNCCCCCCCCCCCCCCOC=O)COP(=O)([O-])[O-].[Na+].[Na+]. The largest absolute Gasteiger partial charge is 1.00 e. The second kappa shape index (κ2) is 36.5. The predicted molar refractivity (Wildman–Crippen MR) is 156 cm³/mol. The molecule has 0 radical (unpaired) electrons. The Morgan fingerprint density at radius 2 is 1.19 bits per heavy atom. The van der Waals surface area contributed by atoms with E-state index in [1.165, 1.54) is 89.9 Å². The molecule has 0 aliphatic rings. The molecule has 42 heavy (non-hydrogen) atoms. The van der Waals surface area contributed by atoms with E-state index in [1.807, 2.05) is 0 Å². The average molecular weight is 638 g/mol. The quantitative estimate of drug-likeness (QED) is 0.0359. The standard InChI is InChI=1S/C30H60NO8P.2Na/c1-2-3-4-5-6-11-14-17-20-23-30(33)39-29(27-38-40(34,35)36)26-31-24-21-18-15-12-9-7-8-10-13-16-19-22-25-37-28-32;;/h28-29,31H,2-27H2,1H3,(H2,34,35,36);;/q;2*+1/p-2/t29-;;/m0../s1. The summed E-state index contributed by atoms with van der Waals surface area (Å²) in [5, 5.41) is 3.20. The summed E-state index contributed by atoms with van der Waals surface area (Å²) in [4.78, 5) is 44.1. The Balaban J connectivity index is -0.00000760. The van der Waals surface area contributed by atoms with Crippen LogP contribution >= 0.6 is 7.82 Å². The molecule has 0 fully saturated rings. The summed E-state index contributed by atoms with van der Waals surface area (Å²) in [5.41, 5.74) is 0. The van der Waals surface area contributed by atoms with Crippen LogP contribution < -0.4 is 74.2 Å². The van der Waals surface area contributed by atoms with Crippen molar-refractivity contribution < 1.29 is 97.1 Å². The normalized spacial score (nSPS) is 11.8. The maximum absolute atomic E-state index is 12.2. The molecule has 9 nitrogen and oxygen atoms in total. The number of carbonyl (C=O) groups is 2. The minimum atomic E-state index is -5.12. The number of unbranched alkanes of at least 4 members (excludes halogenated alkanes) is 19. The molecule has 0 amide bonds.